The SMILES string of the molecule is N#Cc1ccc(NCCCN2C(=O)COc3ccccc32)cc1C(F)(F)F. The number of nitrogens with zero attached hydrogens (tertiary/aromatic N) is 2. The molecule has 0 saturated heterocycles. The fourth-order valence-electron chi connectivity index (χ4n) is 2.86. The van der Waals surface area contributed by atoms with Crippen LogP contribution in [0, 0.1) is 11.3 Å². The average Bonchev–Trinajstić information content (AvgIpc) is 2.65. The van der Waals surface area contributed by atoms with E-state index in [4.69, 9.17) is 10.00 Å². The van der Waals surface area contributed by atoms with E-state index in [9.17, 15) is 18.0 Å². The highest BCUT2D eigenvalue weighted by molar-refractivity contribution is 5.97. The van der Waals surface area contributed by atoms with Crippen LogP contribution in [0.5, 0.6) is 5.75 Å². The Labute approximate surface area is 154 Å². The summed E-state index contributed by atoms with van der Waals surface area (Å²) in [6.07, 6.45) is -4.06. The molecule has 0 atom stereocenters. The maximum Gasteiger partial charge on any atom is 0.417 e. The van der Waals surface area contributed by atoms with Gasteiger partial charge in [0.15, 0.2) is 6.61 Å². The molecule has 0 aromatic heterocycles. The summed E-state index contributed by atoms with van der Waals surface area (Å²) in [4.78, 5) is 13.7. The third-order valence-electron chi connectivity index (χ3n) is 4.14. The first-order valence-electron chi connectivity index (χ1n) is 8.27. The second kappa shape index (κ2) is 7.58. The zero-order valence-corrected chi connectivity index (χ0v) is 14.2. The molecule has 8 heteroatoms. The van der Waals surface area contributed by atoms with Crippen molar-refractivity contribution >= 4 is 17.3 Å². The molecule has 0 fully saturated rings. The van der Waals surface area contributed by atoms with Crippen molar-refractivity contribution in [2.75, 3.05) is 29.9 Å². The van der Waals surface area contributed by atoms with Crippen molar-refractivity contribution in [3.8, 4) is 11.8 Å². The Kier molecular flexibility index (Phi) is 5.21. The number of benzene rings is 2. The molecule has 1 aliphatic rings. The van der Waals surface area contributed by atoms with E-state index in [-0.39, 0.29) is 18.2 Å². The largest absolute Gasteiger partial charge is 0.482 e. The molecular weight excluding hydrogens is 359 g/mol. The molecule has 0 radical (unpaired) electrons. The highest BCUT2D eigenvalue weighted by Gasteiger charge is 2.33. The van der Waals surface area contributed by atoms with Crippen molar-refractivity contribution in [1.29, 1.82) is 5.26 Å². The van der Waals surface area contributed by atoms with E-state index < -0.39 is 17.3 Å². The quantitative estimate of drug-likeness (QED) is 0.808. The number of halogens is 3. The lowest BCUT2D eigenvalue weighted by Crippen LogP contribution is -2.39. The van der Waals surface area contributed by atoms with E-state index in [0.717, 1.165) is 12.1 Å². The normalized spacial score (nSPS) is 13.6. The monoisotopic (exact) mass is 375 g/mol. The smallest absolute Gasteiger partial charge is 0.417 e. The van der Waals surface area contributed by atoms with Gasteiger partial charge < -0.3 is 15.0 Å². The Hall–Kier alpha value is -3.21. The first-order chi connectivity index (χ1) is 12.9. The van der Waals surface area contributed by atoms with Gasteiger partial charge in [0, 0.05) is 18.8 Å². The standard InChI is InChI=1S/C19H16F3N3O2/c20-19(21,22)15-10-14(7-6-13(15)11-23)24-8-3-9-25-16-4-1-2-5-17(16)27-12-18(25)26/h1-2,4-7,10,24H,3,8-9,12H2. The van der Waals surface area contributed by atoms with Gasteiger partial charge in [-0.2, -0.15) is 18.4 Å². The minimum Gasteiger partial charge on any atom is -0.482 e. The summed E-state index contributed by atoms with van der Waals surface area (Å²) in [5.41, 5.74) is -0.419. The number of amides is 1. The molecule has 5 nitrogen and oxygen atoms in total. The second-order valence-corrected chi connectivity index (χ2v) is 5.95. The number of alkyl halides is 3. The molecular formula is C19H16F3N3O2. The molecule has 2 aromatic carbocycles. The van der Waals surface area contributed by atoms with Gasteiger partial charge in [0.2, 0.25) is 0 Å². The van der Waals surface area contributed by atoms with Gasteiger partial charge >= 0.3 is 6.18 Å². The predicted octanol–water partition coefficient (Wildman–Crippen LogP) is 3.80. The molecule has 0 spiro atoms. The van der Waals surface area contributed by atoms with Crippen molar-refractivity contribution in [3.05, 3.63) is 53.6 Å². The zero-order valence-electron chi connectivity index (χ0n) is 14.2. The second-order valence-electron chi connectivity index (χ2n) is 5.95. The van der Waals surface area contributed by atoms with Crippen LogP contribution in [0.2, 0.25) is 0 Å². The van der Waals surface area contributed by atoms with Crippen LogP contribution in [0.3, 0.4) is 0 Å². The van der Waals surface area contributed by atoms with Crippen molar-refractivity contribution in [1.82, 2.24) is 0 Å². The number of anilines is 2. The van der Waals surface area contributed by atoms with Gasteiger partial charge in [-0.1, -0.05) is 12.1 Å². The Balaban J connectivity index is 1.61. The minimum atomic E-state index is -4.59. The maximum absolute atomic E-state index is 13.0. The van der Waals surface area contributed by atoms with E-state index in [2.05, 4.69) is 5.32 Å². The van der Waals surface area contributed by atoms with Crippen LogP contribution in [-0.4, -0.2) is 25.6 Å². The number of hydrogen-bond donors (Lipinski definition) is 1. The lowest BCUT2D eigenvalue weighted by Gasteiger charge is -2.29. The van der Waals surface area contributed by atoms with E-state index in [1.54, 1.807) is 23.1 Å². The summed E-state index contributed by atoms with van der Waals surface area (Å²) >= 11 is 0. The summed E-state index contributed by atoms with van der Waals surface area (Å²) in [7, 11) is 0. The molecule has 27 heavy (non-hydrogen) atoms. The third kappa shape index (κ3) is 4.14. The lowest BCUT2D eigenvalue weighted by molar-refractivity contribution is -0.137. The molecule has 0 bridgehead atoms. The average molecular weight is 375 g/mol. The topological polar surface area (TPSA) is 65.4 Å². The summed E-state index contributed by atoms with van der Waals surface area (Å²) < 4.78 is 44.4. The number of carbonyl (C=O) groups is 1. The zero-order chi connectivity index (χ0) is 19.4. The van der Waals surface area contributed by atoms with Gasteiger partial charge in [-0.25, -0.2) is 0 Å². The number of rotatable bonds is 5. The van der Waals surface area contributed by atoms with Gasteiger partial charge in [0.25, 0.3) is 5.91 Å². The van der Waals surface area contributed by atoms with E-state index >= 15 is 0 Å². The molecule has 1 heterocycles. The van der Waals surface area contributed by atoms with Gasteiger partial charge in [0.1, 0.15) is 5.75 Å². The van der Waals surface area contributed by atoms with Gasteiger partial charge in [-0.15, -0.1) is 0 Å². The Bertz CT molecular complexity index is 890. The summed E-state index contributed by atoms with van der Waals surface area (Å²) in [5.74, 6) is 0.471. The van der Waals surface area contributed by atoms with Crippen LogP contribution < -0.4 is 15.0 Å². The van der Waals surface area contributed by atoms with Gasteiger partial charge in [-0.05, 0) is 36.8 Å². The van der Waals surface area contributed by atoms with Gasteiger partial charge in [0.05, 0.1) is 22.9 Å². The predicted molar refractivity (Wildman–Crippen MR) is 93.6 cm³/mol. The number of ether oxygens (including phenoxy) is 1. The first kappa shape index (κ1) is 18.6. The Morgan fingerprint density at radius 3 is 2.74 bits per heavy atom. The third-order valence-corrected chi connectivity index (χ3v) is 4.14. The summed E-state index contributed by atoms with van der Waals surface area (Å²) in [6, 6.07) is 12.2. The highest BCUT2D eigenvalue weighted by Crippen LogP contribution is 2.34. The van der Waals surface area contributed by atoms with Crippen LogP contribution in [0.25, 0.3) is 0 Å². The fraction of sp³-hybridized carbons (Fsp3) is 0.263. The van der Waals surface area contributed by atoms with Crippen LogP contribution in [0.4, 0.5) is 24.5 Å². The Morgan fingerprint density at radius 2 is 2.00 bits per heavy atom. The number of nitrogens with one attached hydrogen (secondary N) is 1. The molecule has 1 aliphatic heterocycles. The summed E-state index contributed by atoms with van der Waals surface area (Å²) in [5, 5.41) is 11.7. The fourth-order valence-corrected chi connectivity index (χ4v) is 2.86. The maximum atomic E-state index is 13.0. The number of nitriles is 1. The molecule has 1 N–H and O–H groups in total. The molecule has 140 valence electrons. The van der Waals surface area contributed by atoms with Crippen molar-refractivity contribution in [2.45, 2.75) is 12.6 Å². The number of carbonyl (C=O) groups excluding carboxylic acids is 1. The summed E-state index contributed by atoms with van der Waals surface area (Å²) in [6.45, 7) is 0.750. The lowest BCUT2D eigenvalue weighted by atomic mass is 10.1. The molecule has 2 aromatic rings. The van der Waals surface area contributed by atoms with Crippen LogP contribution in [0.1, 0.15) is 17.5 Å². The van der Waals surface area contributed by atoms with Crippen LogP contribution in [0.15, 0.2) is 42.5 Å². The van der Waals surface area contributed by atoms with Crippen molar-refractivity contribution < 1.29 is 22.7 Å². The van der Waals surface area contributed by atoms with E-state index in [1.165, 1.54) is 6.07 Å². The number of fused-ring (bicyclic) bond motifs is 1. The van der Waals surface area contributed by atoms with Crippen molar-refractivity contribution in [2.24, 2.45) is 0 Å². The molecule has 0 saturated carbocycles. The molecule has 0 aliphatic carbocycles. The number of hydrogen-bond acceptors (Lipinski definition) is 4. The van der Waals surface area contributed by atoms with Crippen LogP contribution in [-0.2, 0) is 11.0 Å². The van der Waals surface area contributed by atoms with Crippen molar-refractivity contribution in [3.63, 3.8) is 0 Å². The van der Waals surface area contributed by atoms with Crippen LogP contribution >= 0.6 is 0 Å². The molecule has 3 rings (SSSR count). The molecule has 0 unspecified atom stereocenters. The van der Waals surface area contributed by atoms with E-state index in [0.29, 0.717) is 30.9 Å². The van der Waals surface area contributed by atoms with Gasteiger partial charge in [-0.3, -0.25) is 4.79 Å². The number of para-hydroxylation sites is 2. The van der Waals surface area contributed by atoms with E-state index in [1.807, 2.05) is 12.1 Å². The molecule has 1 amide bonds. The first-order valence-corrected chi connectivity index (χ1v) is 8.27. The Morgan fingerprint density at radius 1 is 1.22 bits per heavy atom. The minimum absolute atomic E-state index is 0.0327. The highest BCUT2D eigenvalue weighted by atomic mass is 19.4.